The number of carboxylic acids is 1. The zero-order valence-electron chi connectivity index (χ0n) is 9.92. The molecule has 1 rings (SSSR count). The maximum Gasteiger partial charge on any atom is 1.00 e. The van der Waals surface area contributed by atoms with Crippen LogP contribution in [0.3, 0.4) is 0 Å². The van der Waals surface area contributed by atoms with Crippen molar-refractivity contribution in [3.63, 3.8) is 0 Å². The third kappa shape index (κ3) is 4.01. The average Bonchev–Trinajstić information content (AvgIpc) is 2.04. The second-order valence-corrected chi connectivity index (χ2v) is 4.19. The van der Waals surface area contributed by atoms with Gasteiger partial charge in [0.15, 0.2) is 0 Å². The zero-order valence-corrected chi connectivity index (χ0v) is 10.9. The molecule has 72 valence electrons. The predicted molar refractivity (Wildman–Crippen MR) is 49.0 cm³/mol. The van der Waals surface area contributed by atoms with E-state index in [1.165, 1.54) is 0 Å². The fourth-order valence-electron chi connectivity index (χ4n) is 2.03. The Labute approximate surface area is 104 Å². The summed E-state index contributed by atoms with van der Waals surface area (Å²) in [7, 11) is 0. The summed E-state index contributed by atoms with van der Waals surface area (Å²) in [6.45, 7) is 4.46. The second kappa shape index (κ2) is 6.05. The van der Waals surface area contributed by atoms with E-state index in [0.29, 0.717) is 0 Å². The van der Waals surface area contributed by atoms with Crippen LogP contribution in [0.15, 0.2) is 0 Å². The van der Waals surface area contributed by atoms with Crippen molar-refractivity contribution >= 4 is 5.97 Å². The maximum absolute atomic E-state index is 10.6. The van der Waals surface area contributed by atoms with Crippen molar-refractivity contribution in [2.24, 2.45) is 17.8 Å². The van der Waals surface area contributed by atoms with Crippen molar-refractivity contribution in [2.45, 2.75) is 39.5 Å². The van der Waals surface area contributed by atoms with E-state index in [4.69, 9.17) is 5.11 Å². The molecule has 13 heavy (non-hydrogen) atoms. The van der Waals surface area contributed by atoms with Crippen LogP contribution >= 0.6 is 0 Å². The summed E-state index contributed by atoms with van der Waals surface area (Å²) in [5.74, 6) is 0.831. The van der Waals surface area contributed by atoms with Crippen LogP contribution in [-0.2, 0) is 4.79 Å². The van der Waals surface area contributed by atoms with Gasteiger partial charge in [-0.1, -0.05) is 13.8 Å². The molecular weight excluding hydrogens is 175 g/mol. The fraction of sp³-hybridized carbons (Fsp3) is 0.900. The first-order valence-corrected chi connectivity index (χ1v) is 4.84. The van der Waals surface area contributed by atoms with Gasteiger partial charge in [-0.25, -0.2) is 0 Å². The minimum Gasteiger partial charge on any atom is -1.00 e. The van der Waals surface area contributed by atoms with Crippen LogP contribution in [0.2, 0.25) is 0 Å². The van der Waals surface area contributed by atoms with E-state index in [1.807, 2.05) is 0 Å². The third-order valence-electron chi connectivity index (χ3n) is 3.06. The number of hydrogen-bond acceptors (Lipinski definition) is 1. The minimum absolute atomic E-state index is 0. The summed E-state index contributed by atoms with van der Waals surface area (Å²) in [5, 5.41) is 8.76. The van der Waals surface area contributed by atoms with E-state index in [9.17, 15) is 4.79 Å². The Bertz CT molecular complexity index is 166. The molecule has 0 saturated heterocycles. The topological polar surface area (TPSA) is 37.3 Å². The molecule has 1 aliphatic rings. The van der Waals surface area contributed by atoms with Crippen LogP contribution in [0.1, 0.15) is 41.0 Å². The van der Waals surface area contributed by atoms with Gasteiger partial charge in [-0.2, -0.15) is 0 Å². The molecule has 0 unspecified atom stereocenters. The van der Waals surface area contributed by atoms with Crippen molar-refractivity contribution in [1.29, 1.82) is 0 Å². The molecule has 0 amide bonds. The van der Waals surface area contributed by atoms with E-state index in [-0.39, 0.29) is 36.9 Å². The Balaban J connectivity index is 0. The van der Waals surface area contributed by atoms with E-state index < -0.39 is 5.97 Å². The molecule has 1 fully saturated rings. The Morgan fingerprint density at radius 1 is 1.31 bits per heavy atom. The largest absolute Gasteiger partial charge is 1.00 e. The number of carboxylic acid groups (broad SMARTS) is 1. The van der Waals surface area contributed by atoms with Gasteiger partial charge in [0.05, 0.1) is 5.92 Å². The average molecular weight is 194 g/mol. The van der Waals surface area contributed by atoms with Gasteiger partial charge in [0.25, 0.3) is 0 Å². The van der Waals surface area contributed by atoms with Gasteiger partial charge < -0.3 is 6.53 Å². The fourth-order valence-corrected chi connectivity index (χ4v) is 2.03. The van der Waals surface area contributed by atoms with E-state index in [1.54, 1.807) is 0 Å². The van der Waals surface area contributed by atoms with Gasteiger partial charge in [-0.05, 0) is 37.5 Å². The standard InChI is InChI=1S/C10H18O2.Na.H/c1-7(2)8-3-5-9(6-4-8)10(11)12;;/h7-9H,3-6H2,1-2H3,(H,11,12);;/q;+1;-1. The molecule has 0 atom stereocenters. The summed E-state index contributed by atoms with van der Waals surface area (Å²) in [5.41, 5.74) is 0. The molecule has 0 aliphatic heterocycles. The van der Waals surface area contributed by atoms with Crippen molar-refractivity contribution in [2.75, 3.05) is 0 Å². The molecule has 0 bridgehead atoms. The van der Waals surface area contributed by atoms with E-state index in [2.05, 4.69) is 13.8 Å². The predicted octanol–water partition coefficient (Wildman–Crippen LogP) is -0.350. The van der Waals surface area contributed by atoms with Crippen LogP contribution in [0.5, 0.6) is 0 Å². The number of aliphatic carboxylic acids is 1. The summed E-state index contributed by atoms with van der Waals surface area (Å²) in [6.07, 6.45) is 3.99. The maximum atomic E-state index is 10.6. The molecule has 0 aromatic heterocycles. The van der Waals surface area contributed by atoms with Crippen molar-refractivity contribution in [1.82, 2.24) is 0 Å². The van der Waals surface area contributed by atoms with Crippen LogP contribution in [0.25, 0.3) is 0 Å². The van der Waals surface area contributed by atoms with Gasteiger partial charge in [0.1, 0.15) is 0 Å². The van der Waals surface area contributed by atoms with Gasteiger partial charge in [-0.3, -0.25) is 4.79 Å². The first-order valence-electron chi connectivity index (χ1n) is 4.84. The molecule has 0 radical (unpaired) electrons. The number of hydrogen-bond donors (Lipinski definition) is 1. The Hall–Kier alpha value is 0.470. The second-order valence-electron chi connectivity index (χ2n) is 4.19. The summed E-state index contributed by atoms with van der Waals surface area (Å²) in [6, 6.07) is 0. The quantitative estimate of drug-likeness (QED) is 0.610. The van der Waals surface area contributed by atoms with Crippen molar-refractivity contribution in [3.8, 4) is 0 Å². The van der Waals surface area contributed by atoms with Gasteiger partial charge in [0, 0.05) is 0 Å². The zero-order chi connectivity index (χ0) is 9.14. The van der Waals surface area contributed by atoms with Gasteiger partial charge in [-0.15, -0.1) is 0 Å². The minimum atomic E-state index is -0.600. The third-order valence-corrected chi connectivity index (χ3v) is 3.06. The van der Waals surface area contributed by atoms with Crippen LogP contribution in [-0.4, -0.2) is 11.1 Å². The summed E-state index contributed by atoms with van der Waals surface area (Å²) >= 11 is 0. The number of rotatable bonds is 2. The van der Waals surface area contributed by atoms with Crippen LogP contribution in [0, 0.1) is 17.8 Å². The molecule has 2 nitrogen and oxygen atoms in total. The molecule has 0 spiro atoms. The van der Waals surface area contributed by atoms with Gasteiger partial charge in [0.2, 0.25) is 0 Å². The Kier molecular flexibility index (Phi) is 6.27. The smallest absolute Gasteiger partial charge is 1.00 e. The van der Waals surface area contributed by atoms with Gasteiger partial charge >= 0.3 is 35.5 Å². The van der Waals surface area contributed by atoms with E-state index in [0.717, 1.165) is 37.5 Å². The molecule has 0 aromatic carbocycles. The molecule has 1 N–H and O–H groups in total. The Morgan fingerprint density at radius 2 is 1.77 bits per heavy atom. The monoisotopic (exact) mass is 194 g/mol. The summed E-state index contributed by atoms with van der Waals surface area (Å²) in [4.78, 5) is 10.6. The Morgan fingerprint density at radius 3 is 2.08 bits per heavy atom. The molecule has 3 heteroatoms. The van der Waals surface area contributed by atoms with E-state index >= 15 is 0 Å². The molecule has 1 aliphatic carbocycles. The molecule has 1 saturated carbocycles. The molecule has 0 aromatic rings. The van der Waals surface area contributed by atoms with Crippen molar-refractivity contribution in [3.05, 3.63) is 0 Å². The normalized spacial score (nSPS) is 28.2. The first kappa shape index (κ1) is 13.5. The molecule has 0 heterocycles. The van der Waals surface area contributed by atoms with Crippen LogP contribution in [0.4, 0.5) is 0 Å². The van der Waals surface area contributed by atoms with Crippen LogP contribution < -0.4 is 29.6 Å². The SMILES string of the molecule is CC(C)C1CCC(C(=O)O)CC1.[H-].[Na+]. The molecular formula is C10H19NaO2. The van der Waals surface area contributed by atoms with Crippen molar-refractivity contribution < 1.29 is 40.9 Å². The number of carbonyl (C=O) groups is 1. The first-order chi connectivity index (χ1) is 5.61. The summed E-state index contributed by atoms with van der Waals surface area (Å²) < 4.78 is 0.